The molecule has 2 N–H and O–H groups in total. The lowest BCUT2D eigenvalue weighted by Crippen LogP contribution is -2.12. The molecule has 0 saturated heterocycles. The molecule has 0 saturated carbocycles. The fraction of sp³-hybridized carbons (Fsp3) is 0.222. The van der Waals surface area contributed by atoms with Gasteiger partial charge in [0.1, 0.15) is 5.84 Å². The lowest BCUT2D eigenvalue weighted by molar-refractivity contribution is 1.34. The summed E-state index contributed by atoms with van der Waals surface area (Å²) in [6.45, 7) is 2.03. The van der Waals surface area contributed by atoms with Gasteiger partial charge in [-0.05, 0) is 47.2 Å². The van der Waals surface area contributed by atoms with Gasteiger partial charge >= 0.3 is 0 Å². The quantitative estimate of drug-likeness (QED) is 0.358. The topological polar surface area (TPSA) is 38.4 Å². The van der Waals surface area contributed by atoms with E-state index in [1.54, 1.807) is 0 Å². The second kappa shape index (κ2) is 5.32. The Kier molecular flexibility index (Phi) is 4.66. The molecule has 0 radical (unpaired) electrons. The number of benzene rings is 1. The summed E-state index contributed by atoms with van der Waals surface area (Å²) < 4.78 is 2.16. The minimum atomic E-state index is 0.255. The van der Waals surface area contributed by atoms with Crippen LogP contribution in [0.3, 0.4) is 0 Å². The molecular weight excluding hydrogens is 378 g/mol. The summed E-state index contributed by atoms with van der Waals surface area (Å²) in [5, 5.41) is 0. The van der Waals surface area contributed by atoms with Crippen LogP contribution in [0.4, 0.5) is 5.69 Å². The Morgan fingerprint density at radius 1 is 1.64 bits per heavy atom. The first-order valence-electron chi connectivity index (χ1n) is 3.90. The molecule has 0 aliphatic rings. The highest BCUT2D eigenvalue weighted by molar-refractivity contribution is 14.1. The second-order valence-corrected chi connectivity index (χ2v) is 4.94. The first kappa shape index (κ1) is 12.3. The van der Waals surface area contributed by atoms with Crippen LogP contribution in [0.5, 0.6) is 0 Å². The summed E-state index contributed by atoms with van der Waals surface area (Å²) >= 11 is 11.3. The molecule has 0 heterocycles. The second-order valence-electron chi connectivity index (χ2n) is 2.74. The number of hydrogen-bond donors (Lipinski definition) is 1. The smallest absolute Gasteiger partial charge is 0.115 e. The summed E-state index contributed by atoms with van der Waals surface area (Å²) in [6, 6.07) is 3.87. The van der Waals surface area contributed by atoms with Crippen LogP contribution in [0.2, 0.25) is 0 Å². The predicted molar refractivity (Wildman–Crippen MR) is 73.6 cm³/mol. The zero-order valence-corrected chi connectivity index (χ0v) is 12.0. The maximum absolute atomic E-state index is 5.57. The number of aliphatic imine (C=N–C) groups is 1. The van der Waals surface area contributed by atoms with Gasteiger partial charge in [-0.2, -0.15) is 0 Å². The van der Waals surface area contributed by atoms with Crippen LogP contribution in [0.25, 0.3) is 0 Å². The van der Waals surface area contributed by atoms with Crippen molar-refractivity contribution >= 4 is 61.6 Å². The van der Waals surface area contributed by atoms with Gasteiger partial charge in [0.15, 0.2) is 0 Å². The maximum Gasteiger partial charge on any atom is 0.115 e. The van der Waals surface area contributed by atoms with E-state index < -0.39 is 0 Å². The van der Waals surface area contributed by atoms with Crippen molar-refractivity contribution in [2.45, 2.75) is 6.92 Å². The largest absolute Gasteiger partial charge is 0.386 e. The molecule has 0 amide bonds. The normalized spacial score (nSPS) is 11.9. The number of amidine groups is 1. The number of alkyl halides is 1. The molecule has 1 rings (SSSR count). The molecule has 0 aliphatic heterocycles. The number of rotatable bonds is 2. The zero-order valence-electron chi connectivity index (χ0n) is 7.52. The summed E-state index contributed by atoms with van der Waals surface area (Å²) in [4.78, 5) is 4.21. The van der Waals surface area contributed by atoms with Crippen LogP contribution >= 0.6 is 50.1 Å². The van der Waals surface area contributed by atoms with E-state index in [1.807, 2.05) is 19.1 Å². The van der Waals surface area contributed by atoms with Crippen LogP contribution < -0.4 is 5.73 Å². The Morgan fingerprint density at radius 2 is 2.29 bits per heavy atom. The Morgan fingerprint density at radius 3 is 2.86 bits per heavy atom. The van der Waals surface area contributed by atoms with Gasteiger partial charge in [0.25, 0.3) is 0 Å². The summed E-state index contributed by atoms with van der Waals surface area (Å²) in [5.41, 5.74) is 7.59. The molecule has 14 heavy (non-hydrogen) atoms. The van der Waals surface area contributed by atoms with Gasteiger partial charge in [-0.1, -0.05) is 15.9 Å². The molecule has 0 fully saturated rings. The van der Waals surface area contributed by atoms with Crippen molar-refractivity contribution in [2.75, 3.05) is 5.88 Å². The van der Waals surface area contributed by atoms with Gasteiger partial charge in [0.2, 0.25) is 0 Å². The molecule has 0 spiro atoms. The molecule has 0 aromatic heterocycles. The molecule has 0 atom stereocenters. The number of nitrogens with two attached hydrogens (primary N) is 1. The third-order valence-electron chi connectivity index (χ3n) is 1.70. The zero-order chi connectivity index (χ0) is 10.7. The number of halogens is 3. The minimum Gasteiger partial charge on any atom is -0.386 e. The Hall–Kier alpha value is 0.190. The maximum atomic E-state index is 5.57. The average molecular weight is 387 g/mol. The van der Waals surface area contributed by atoms with Gasteiger partial charge < -0.3 is 5.73 Å². The van der Waals surface area contributed by atoms with Crippen molar-refractivity contribution in [3.63, 3.8) is 0 Å². The first-order chi connectivity index (χ1) is 6.56. The van der Waals surface area contributed by atoms with Gasteiger partial charge in [-0.15, -0.1) is 11.6 Å². The molecule has 1 aromatic carbocycles. The van der Waals surface area contributed by atoms with Gasteiger partial charge in [-0.3, -0.25) is 0 Å². The first-order valence-corrected chi connectivity index (χ1v) is 6.30. The summed E-state index contributed by atoms with van der Waals surface area (Å²) in [6.07, 6.45) is 0. The Bertz CT molecular complexity index is 379. The molecule has 0 bridgehead atoms. The van der Waals surface area contributed by atoms with Crippen molar-refractivity contribution in [3.05, 3.63) is 25.7 Å². The van der Waals surface area contributed by atoms with Crippen LogP contribution in [-0.4, -0.2) is 11.7 Å². The van der Waals surface area contributed by atoms with Crippen molar-refractivity contribution < 1.29 is 0 Å². The van der Waals surface area contributed by atoms with Gasteiger partial charge in [0, 0.05) is 8.04 Å². The van der Waals surface area contributed by atoms with E-state index in [1.165, 1.54) is 0 Å². The predicted octanol–water partition coefficient (Wildman–Crippen LogP) is 3.59. The SMILES string of the molecule is Cc1c(Br)ccc(N=C(N)CCl)c1I. The van der Waals surface area contributed by atoms with Crippen LogP contribution in [0.15, 0.2) is 21.6 Å². The van der Waals surface area contributed by atoms with E-state index in [0.717, 1.165) is 19.3 Å². The van der Waals surface area contributed by atoms with Crippen molar-refractivity contribution in [3.8, 4) is 0 Å². The molecule has 76 valence electrons. The van der Waals surface area contributed by atoms with Crippen molar-refractivity contribution in [1.82, 2.24) is 0 Å². The van der Waals surface area contributed by atoms with E-state index in [4.69, 9.17) is 17.3 Å². The van der Waals surface area contributed by atoms with Crippen LogP contribution in [-0.2, 0) is 0 Å². The van der Waals surface area contributed by atoms with E-state index in [2.05, 4.69) is 43.5 Å². The number of hydrogen-bond acceptors (Lipinski definition) is 1. The van der Waals surface area contributed by atoms with E-state index in [9.17, 15) is 0 Å². The van der Waals surface area contributed by atoms with E-state index >= 15 is 0 Å². The summed E-state index contributed by atoms with van der Waals surface area (Å²) in [5.74, 6) is 0.692. The highest BCUT2D eigenvalue weighted by Gasteiger charge is 2.05. The molecule has 1 aromatic rings. The molecule has 5 heteroatoms. The van der Waals surface area contributed by atoms with Crippen LogP contribution in [0, 0.1) is 10.5 Å². The lowest BCUT2D eigenvalue weighted by Gasteiger charge is -2.05. The molecule has 0 unspecified atom stereocenters. The fourth-order valence-corrected chi connectivity index (χ4v) is 2.27. The van der Waals surface area contributed by atoms with E-state index in [0.29, 0.717) is 5.84 Å². The average Bonchev–Trinajstić information content (AvgIpc) is 2.19. The number of nitrogens with zero attached hydrogens (tertiary/aromatic N) is 1. The minimum absolute atomic E-state index is 0.255. The molecule has 2 nitrogen and oxygen atoms in total. The van der Waals surface area contributed by atoms with E-state index in [-0.39, 0.29) is 5.88 Å². The van der Waals surface area contributed by atoms with Gasteiger partial charge in [-0.25, -0.2) is 4.99 Å². The Labute approximate surface area is 110 Å². The highest BCUT2D eigenvalue weighted by atomic mass is 127. The molecule has 0 aliphatic carbocycles. The third kappa shape index (κ3) is 2.84. The van der Waals surface area contributed by atoms with Crippen LogP contribution in [0.1, 0.15) is 5.56 Å². The highest BCUT2D eigenvalue weighted by Crippen LogP contribution is 2.29. The summed E-state index contributed by atoms with van der Waals surface area (Å²) in [7, 11) is 0. The third-order valence-corrected chi connectivity index (χ3v) is 4.20. The van der Waals surface area contributed by atoms with Crippen molar-refractivity contribution in [2.24, 2.45) is 10.7 Å². The standard InChI is InChI=1S/C9H9BrClIN2/c1-5-6(10)2-3-7(9(5)12)14-8(13)4-11/h2-3H,4H2,1H3,(H2,13,14). The monoisotopic (exact) mass is 386 g/mol. The molecular formula is C9H9BrClIN2. The fourth-order valence-electron chi connectivity index (χ4n) is 0.918. The van der Waals surface area contributed by atoms with Gasteiger partial charge in [0.05, 0.1) is 11.6 Å². The van der Waals surface area contributed by atoms with Crippen molar-refractivity contribution in [1.29, 1.82) is 0 Å². The lowest BCUT2D eigenvalue weighted by atomic mass is 10.2. The Balaban J connectivity index is 3.18.